The van der Waals surface area contributed by atoms with E-state index < -0.39 is 0 Å². The normalized spacial score (nSPS) is 12.6. The number of aromatic amines is 4. The number of esters is 1. The fourth-order valence-corrected chi connectivity index (χ4v) is 7.02. The molecule has 8 heterocycles. The smallest absolute Gasteiger partial charge is 0.310 e. The maximum absolute atomic E-state index is 12.1. The van der Waals surface area contributed by atoms with E-state index >= 15 is 0 Å². The van der Waals surface area contributed by atoms with Gasteiger partial charge in [0.1, 0.15) is 5.75 Å². The molecule has 1 aliphatic heterocycles. The zero-order chi connectivity index (χ0) is 35.7. The molecule has 4 N–H and O–H groups in total. The van der Waals surface area contributed by atoms with Crippen molar-refractivity contribution in [2.45, 2.75) is 13.3 Å². The third-order valence-electron chi connectivity index (χ3n) is 9.47. The fourth-order valence-electron chi connectivity index (χ4n) is 7.02. The molecular weight excluding hydrogens is 659 g/mol. The minimum absolute atomic E-state index is 0.276. The van der Waals surface area contributed by atoms with Crippen molar-refractivity contribution in [1.82, 2.24) is 34.9 Å². The Morgan fingerprint density at radius 2 is 0.755 bits per heavy atom. The molecule has 53 heavy (non-hydrogen) atoms. The molecule has 0 amide bonds. The highest BCUT2D eigenvalue weighted by molar-refractivity contribution is 5.84. The van der Waals surface area contributed by atoms with Crippen LogP contribution in [0.25, 0.3) is 22.3 Å². The van der Waals surface area contributed by atoms with Crippen molar-refractivity contribution < 1.29 is 9.53 Å². The predicted octanol–water partition coefficient (Wildman–Crippen LogP) is 4.80. The largest absolute Gasteiger partial charge is 0.427 e. The first kappa shape index (κ1) is 31.7. The number of nitrogens with zero attached hydrogens (tertiary/aromatic N) is 3. The van der Waals surface area contributed by atoms with Crippen molar-refractivity contribution in [3.63, 3.8) is 0 Å². The molecule has 9 rings (SSSR count). The lowest BCUT2D eigenvalue weighted by Gasteiger charge is -2.10. The van der Waals surface area contributed by atoms with E-state index in [1.54, 1.807) is 6.92 Å². The number of ether oxygens (including phenoxy) is 1. The van der Waals surface area contributed by atoms with Crippen LogP contribution in [0.15, 0.2) is 146 Å². The second-order valence-electron chi connectivity index (χ2n) is 12.7. The van der Waals surface area contributed by atoms with E-state index in [0.717, 1.165) is 88.7 Å². The van der Waals surface area contributed by atoms with Crippen molar-refractivity contribution in [3.05, 3.63) is 213 Å². The van der Waals surface area contributed by atoms with Crippen LogP contribution in [0.5, 0.6) is 5.75 Å². The van der Waals surface area contributed by atoms with Crippen LogP contribution in [0.1, 0.15) is 58.4 Å². The molecule has 0 radical (unpaired) electrons. The monoisotopic (exact) mass is 691 g/mol. The van der Waals surface area contributed by atoms with Gasteiger partial charge in [0.2, 0.25) is 0 Å². The summed E-state index contributed by atoms with van der Waals surface area (Å²) in [5, 5.41) is 3.74. The van der Waals surface area contributed by atoms with Gasteiger partial charge in [0.15, 0.2) is 0 Å². The Morgan fingerprint density at radius 1 is 0.434 bits per heavy atom. The maximum Gasteiger partial charge on any atom is 0.310 e. The van der Waals surface area contributed by atoms with Crippen molar-refractivity contribution in [2.75, 3.05) is 0 Å². The molecule has 9 heteroatoms. The number of nitrogens with one attached hydrogen (secondary N) is 4. The van der Waals surface area contributed by atoms with Gasteiger partial charge in [-0.2, -0.15) is 0 Å². The van der Waals surface area contributed by atoms with Crippen LogP contribution >= 0.6 is 0 Å². The third-order valence-corrected chi connectivity index (χ3v) is 9.47. The van der Waals surface area contributed by atoms with Gasteiger partial charge in [-0.3, -0.25) is 19.7 Å². The number of H-pyrrole nitrogens is 4. The van der Waals surface area contributed by atoms with Gasteiger partial charge in [0.25, 0.3) is 0 Å². The summed E-state index contributed by atoms with van der Waals surface area (Å²) in [6, 6.07) is 36.7. The van der Waals surface area contributed by atoms with Gasteiger partial charge in [-0.05, 0) is 119 Å². The summed E-state index contributed by atoms with van der Waals surface area (Å²) in [6.45, 7) is 1.78. The first-order valence-corrected chi connectivity index (χ1v) is 17.4. The Balaban J connectivity index is 1.38. The highest BCUT2D eigenvalue weighted by atomic mass is 16.5. The Kier molecular flexibility index (Phi) is 8.05. The van der Waals surface area contributed by atoms with Crippen LogP contribution in [0.2, 0.25) is 0 Å². The Labute approximate surface area is 303 Å². The van der Waals surface area contributed by atoms with Crippen molar-refractivity contribution >= 4 is 28.3 Å². The molecule has 1 aromatic carbocycles. The summed E-state index contributed by atoms with van der Waals surface area (Å²) >= 11 is 0. The molecule has 9 nitrogen and oxygen atoms in total. The van der Waals surface area contributed by atoms with Crippen molar-refractivity contribution in [3.8, 4) is 5.75 Å². The zero-order valence-corrected chi connectivity index (χ0v) is 28.7. The number of hydrogen-bond donors (Lipinski definition) is 4. The van der Waals surface area contributed by atoms with Crippen LogP contribution in [-0.2, 0) is 4.79 Å². The second-order valence-corrected chi connectivity index (χ2v) is 12.7. The molecule has 0 fully saturated rings. The molecule has 8 bridgehead atoms. The number of benzene rings is 1. The lowest BCUT2D eigenvalue weighted by molar-refractivity contribution is -0.134. The number of aromatic nitrogens is 7. The van der Waals surface area contributed by atoms with E-state index in [1.165, 1.54) is 0 Å². The minimum Gasteiger partial charge on any atom is -0.427 e. The van der Waals surface area contributed by atoms with Gasteiger partial charge >= 0.3 is 5.97 Å². The molecule has 0 aliphatic carbocycles. The third kappa shape index (κ3) is 6.00. The van der Waals surface area contributed by atoms with E-state index in [1.807, 2.05) is 97.8 Å². The highest BCUT2D eigenvalue weighted by Crippen LogP contribution is 2.28. The van der Waals surface area contributed by atoms with E-state index in [2.05, 4.69) is 83.4 Å². The quantitative estimate of drug-likeness (QED) is 0.147. The highest BCUT2D eigenvalue weighted by Gasteiger charge is 2.18. The average molecular weight is 692 g/mol. The SMILES string of the molecule is CCC(=O)Oc1ccc(C2=c3ccc([nH]3)=C(c3ccncc3)c3ccc([nH]3)C(c3ccncc3)=c3ccc([nH]3)=C(c3ccncc3)c3ccc2[nH]3)cc1. The first-order chi connectivity index (χ1) is 26.1. The average Bonchev–Trinajstić information content (AvgIpc) is 4.05. The fraction of sp³-hybridized carbons (Fsp3) is 0.0455. The summed E-state index contributed by atoms with van der Waals surface area (Å²) in [6.07, 6.45) is 11.2. The second kappa shape index (κ2) is 13.5. The lowest BCUT2D eigenvalue weighted by atomic mass is 10.0. The Bertz CT molecular complexity index is 2850. The maximum atomic E-state index is 12.1. The first-order valence-electron chi connectivity index (χ1n) is 17.4. The van der Waals surface area contributed by atoms with Gasteiger partial charge in [-0.15, -0.1) is 0 Å². The lowest BCUT2D eigenvalue weighted by Crippen LogP contribution is -2.19. The van der Waals surface area contributed by atoms with Gasteiger partial charge in [-0.1, -0.05) is 19.1 Å². The predicted molar refractivity (Wildman–Crippen MR) is 203 cm³/mol. The van der Waals surface area contributed by atoms with Gasteiger partial charge < -0.3 is 24.7 Å². The van der Waals surface area contributed by atoms with E-state index in [4.69, 9.17) is 4.74 Å². The summed E-state index contributed by atoms with van der Waals surface area (Å²) in [5.41, 5.74) is 11.7. The molecule has 0 saturated heterocycles. The van der Waals surface area contributed by atoms with Crippen molar-refractivity contribution in [2.24, 2.45) is 0 Å². The molecular formula is C44H33N7O2. The number of fused-ring (bicyclic) bond motifs is 8. The van der Waals surface area contributed by atoms with E-state index in [-0.39, 0.29) is 5.97 Å². The van der Waals surface area contributed by atoms with Crippen LogP contribution in [0.3, 0.4) is 0 Å². The van der Waals surface area contributed by atoms with Gasteiger partial charge in [0.05, 0.1) is 0 Å². The number of carbonyl (C=O) groups is 1. The number of hydrogen-bond acceptors (Lipinski definition) is 5. The van der Waals surface area contributed by atoms with Crippen LogP contribution in [0, 0.1) is 0 Å². The zero-order valence-electron chi connectivity index (χ0n) is 28.7. The van der Waals surface area contributed by atoms with Crippen LogP contribution in [0.4, 0.5) is 0 Å². The topological polar surface area (TPSA) is 128 Å². The van der Waals surface area contributed by atoms with E-state index in [0.29, 0.717) is 12.2 Å². The van der Waals surface area contributed by atoms with Crippen molar-refractivity contribution in [1.29, 1.82) is 0 Å². The van der Waals surface area contributed by atoms with E-state index in [9.17, 15) is 4.79 Å². The molecule has 0 unspecified atom stereocenters. The van der Waals surface area contributed by atoms with Gasteiger partial charge in [-0.25, -0.2) is 0 Å². The number of rotatable bonds is 6. The molecule has 0 spiro atoms. The Hall–Kier alpha value is -7.26. The number of carbonyl (C=O) groups excluding carboxylic acids is 1. The molecule has 256 valence electrons. The van der Waals surface area contributed by atoms with Crippen LogP contribution < -0.4 is 26.1 Å². The summed E-state index contributed by atoms with van der Waals surface area (Å²) in [5.74, 6) is 0.227. The number of pyridine rings is 3. The summed E-state index contributed by atoms with van der Waals surface area (Å²) < 4.78 is 5.52. The summed E-state index contributed by atoms with van der Waals surface area (Å²) in [7, 11) is 0. The molecule has 1 aliphatic rings. The summed E-state index contributed by atoms with van der Waals surface area (Å²) in [4.78, 5) is 40.1. The van der Waals surface area contributed by atoms with Crippen LogP contribution in [-0.4, -0.2) is 40.9 Å². The molecule has 7 aromatic heterocycles. The Morgan fingerprint density at radius 3 is 1.08 bits per heavy atom. The standard InChI is InChI=1S/C44H33N7O2/c1-2-40(52)53-31-5-3-27(4-6-31)41-32-7-9-34(48-32)42(28-15-21-45-22-16-28)36-11-13-38(50-36)44(30-19-25-47-26-20-30)39-14-12-37(51-39)43(29-17-23-46-24-18-29)35-10-8-33(41)49-35/h3-26,48-51H,2H2,1H3. The minimum atomic E-state index is -0.276. The van der Waals surface area contributed by atoms with Gasteiger partial charge in [0, 0.05) is 110 Å². The molecule has 8 aromatic rings. The molecule has 0 atom stereocenters. The molecule has 0 saturated carbocycles.